The van der Waals surface area contributed by atoms with Gasteiger partial charge in [0.15, 0.2) is 5.75 Å². The Kier molecular flexibility index (Phi) is 4.03. The molecule has 0 N–H and O–H groups in total. The highest BCUT2D eigenvalue weighted by Crippen LogP contribution is 2.35. The van der Waals surface area contributed by atoms with Crippen LogP contribution < -0.4 is 9.64 Å². The molecule has 1 fully saturated rings. The van der Waals surface area contributed by atoms with Crippen LogP contribution in [0.4, 0.5) is 11.4 Å². The van der Waals surface area contributed by atoms with Gasteiger partial charge < -0.3 is 14.2 Å². The molecule has 1 aromatic heterocycles. The minimum absolute atomic E-state index is 0.00455. The molecule has 2 aliphatic rings. The first-order valence-corrected chi connectivity index (χ1v) is 8.66. The Hall–Kier alpha value is -2.64. The fourth-order valence-corrected chi connectivity index (χ4v) is 3.91. The van der Waals surface area contributed by atoms with Gasteiger partial charge in [-0.3, -0.25) is 10.1 Å². The van der Waals surface area contributed by atoms with Crippen LogP contribution in [0, 0.1) is 10.1 Å². The van der Waals surface area contributed by atoms with Gasteiger partial charge >= 0.3 is 5.69 Å². The highest BCUT2D eigenvalue weighted by molar-refractivity contribution is 5.59. The Bertz CT molecular complexity index is 804. The first-order chi connectivity index (χ1) is 12.2. The van der Waals surface area contributed by atoms with E-state index in [0.717, 1.165) is 62.7 Å². The first-order valence-electron chi connectivity index (χ1n) is 8.66. The highest BCUT2D eigenvalue weighted by Gasteiger charge is 2.29. The second-order valence-electron chi connectivity index (χ2n) is 6.63. The number of anilines is 1. The van der Waals surface area contributed by atoms with Crippen LogP contribution >= 0.6 is 0 Å². The average Bonchev–Trinajstić information content (AvgIpc) is 3.24. The lowest BCUT2D eigenvalue weighted by molar-refractivity contribution is -0.385. The number of hydrogen-bond donors (Lipinski definition) is 0. The minimum atomic E-state index is -0.416. The van der Waals surface area contributed by atoms with Crippen LogP contribution in [0.15, 0.2) is 18.2 Å². The quantitative estimate of drug-likeness (QED) is 0.626. The summed E-state index contributed by atoms with van der Waals surface area (Å²) in [4.78, 5) is 12.9. The summed E-state index contributed by atoms with van der Waals surface area (Å²) < 4.78 is 7.47. The van der Waals surface area contributed by atoms with E-state index in [2.05, 4.69) is 19.7 Å². The zero-order valence-corrected chi connectivity index (χ0v) is 14.2. The molecule has 132 valence electrons. The van der Waals surface area contributed by atoms with Gasteiger partial charge in [-0.15, -0.1) is 10.2 Å². The summed E-state index contributed by atoms with van der Waals surface area (Å²) >= 11 is 0. The number of nitrogens with zero attached hydrogens (tertiary/aromatic N) is 5. The highest BCUT2D eigenvalue weighted by atomic mass is 16.6. The van der Waals surface area contributed by atoms with Crippen molar-refractivity contribution in [2.24, 2.45) is 0 Å². The van der Waals surface area contributed by atoms with Gasteiger partial charge in [0.2, 0.25) is 0 Å². The first kappa shape index (κ1) is 15.9. The maximum Gasteiger partial charge on any atom is 0.311 e. The fraction of sp³-hybridized carbons (Fsp3) is 0.529. The van der Waals surface area contributed by atoms with Gasteiger partial charge in [-0.1, -0.05) is 0 Å². The fourth-order valence-electron chi connectivity index (χ4n) is 3.91. The van der Waals surface area contributed by atoms with E-state index in [0.29, 0.717) is 11.7 Å². The molecule has 2 aromatic rings. The molecular formula is C17H21N5O3. The van der Waals surface area contributed by atoms with E-state index in [4.69, 9.17) is 4.74 Å². The Morgan fingerprint density at radius 3 is 2.96 bits per heavy atom. The smallest absolute Gasteiger partial charge is 0.311 e. The van der Waals surface area contributed by atoms with Crippen LogP contribution in [-0.2, 0) is 13.0 Å². The number of rotatable bonds is 4. The predicted octanol–water partition coefficient (Wildman–Crippen LogP) is 2.53. The van der Waals surface area contributed by atoms with E-state index in [-0.39, 0.29) is 5.69 Å². The van der Waals surface area contributed by atoms with E-state index < -0.39 is 4.92 Å². The number of nitro benzene ring substituents is 1. The van der Waals surface area contributed by atoms with Gasteiger partial charge in [-0.05, 0) is 25.3 Å². The Labute approximate surface area is 145 Å². The predicted molar refractivity (Wildman–Crippen MR) is 92.2 cm³/mol. The summed E-state index contributed by atoms with van der Waals surface area (Å²) in [5, 5.41) is 19.8. The zero-order valence-electron chi connectivity index (χ0n) is 14.2. The lowest BCUT2D eigenvalue weighted by Gasteiger charge is -2.34. The van der Waals surface area contributed by atoms with E-state index in [1.165, 1.54) is 13.2 Å². The Balaban J connectivity index is 1.58. The van der Waals surface area contributed by atoms with Crippen LogP contribution in [0.5, 0.6) is 5.75 Å². The number of fused-ring (bicyclic) bond motifs is 1. The molecule has 4 rings (SSSR count). The van der Waals surface area contributed by atoms with Gasteiger partial charge in [-0.25, -0.2) is 0 Å². The van der Waals surface area contributed by atoms with Crippen molar-refractivity contribution in [1.82, 2.24) is 14.8 Å². The van der Waals surface area contributed by atoms with Crippen LogP contribution in [-0.4, -0.2) is 39.9 Å². The molecule has 8 nitrogen and oxygen atoms in total. The van der Waals surface area contributed by atoms with Crippen LogP contribution in [0.25, 0.3) is 0 Å². The molecule has 1 saturated heterocycles. The average molecular weight is 343 g/mol. The summed E-state index contributed by atoms with van der Waals surface area (Å²) in [6, 6.07) is 5.08. The second kappa shape index (κ2) is 6.34. The molecular weight excluding hydrogens is 322 g/mol. The van der Waals surface area contributed by atoms with Crippen molar-refractivity contribution in [2.45, 2.75) is 38.1 Å². The van der Waals surface area contributed by atoms with Crippen LogP contribution in [0.3, 0.4) is 0 Å². The summed E-state index contributed by atoms with van der Waals surface area (Å²) in [7, 11) is 1.46. The Morgan fingerprint density at radius 2 is 2.16 bits per heavy atom. The maximum atomic E-state index is 11.1. The molecule has 0 spiro atoms. The molecule has 1 unspecified atom stereocenters. The largest absolute Gasteiger partial charge is 0.490 e. The molecule has 2 aliphatic heterocycles. The summed E-state index contributed by atoms with van der Waals surface area (Å²) in [5.74, 6) is 2.83. The van der Waals surface area contributed by atoms with Crippen molar-refractivity contribution < 1.29 is 9.66 Å². The number of ether oxygens (including phenoxy) is 1. The SMILES string of the molecule is COc1cc(N2CCCC(c3nnc4n3CCC4)C2)ccc1[N+](=O)[O-]. The normalized spacial score (nSPS) is 19.7. The number of aromatic nitrogens is 3. The van der Waals surface area contributed by atoms with E-state index in [1.54, 1.807) is 12.1 Å². The molecule has 0 radical (unpaired) electrons. The molecule has 0 bridgehead atoms. The number of aryl methyl sites for hydroxylation is 1. The van der Waals surface area contributed by atoms with Gasteiger partial charge in [0.1, 0.15) is 11.6 Å². The number of piperidine rings is 1. The standard InChI is InChI=1S/C17H21N5O3/c1-25-15-10-13(6-7-14(15)22(23)24)20-8-2-4-12(11-20)17-19-18-16-5-3-9-21(16)17/h6-7,10,12H,2-5,8-9,11H2,1H3. The van der Waals surface area contributed by atoms with E-state index >= 15 is 0 Å². The Morgan fingerprint density at radius 1 is 1.28 bits per heavy atom. The topological polar surface area (TPSA) is 86.3 Å². The van der Waals surface area contributed by atoms with Crippen molar-refractivity contribution in [3.05, 3.63) is 40.0 Å². The van der Waals surface area contributed by atoms with E-state index in [1.807, 2.05) is 0 Å². The molecule has 0 aliphatic carbocycles. The maximum absolute atomic E-state index is 11.1. The van der Waals surface area contributed by atoms with Gasteiger partial charge in [-0.2, -0.15) is 0 Å². The lowest BCUT2D eigenvalue weighted by atomic mass is 9.96. The molecule has 1 aromatic carbocycles. The molecule has 0 saturated carbocycles. The van der Waals surface area contributed by atoms with Crippen molar-refractivity contribution in [1.29, 1.82) is 0 Å². The molecule has 3 heterocycles. The van der Waals surface area contributed by atoms with Crippen molar-refractivity contribution in [2.75, 3.05) is 25.1 Å². The summed E-state index contributed by atoms with van der Waals surface area (Å²) in [6.07, 6.45) is 4.32. The second-order valence-corrected chi connectivity index (χ2v) is 6.63. The van der Waals surface area contributed by atoms with Crippen molar-refractivity contribution in [3.8, 4) is 5.75 Å². The number of benzene rings is 1. The molecule has 0 amide bonds. The van der Waals surface area contributed by atoms with Crippen molar-refractivity contribution >= 4 is 11.4 Å². The third-order valence-electron chi connectivity index (χ3n) is 5.15. The van der Waals surface area contributed by atoms with Crippen molar-refractivity contribution in [3.63, 3.8) is 0 Å². The number of nitro groups is 1. The monoisotopic (exact) mass is 343 g/mol. The van der Waals surface area contributed by atoms with Gasteiger partial charge in [0.25, 0.3) is 0 Å². The van der Waals surface area contributed by atoms with Crippen LogP contribution in [0.2, 0.25) is 0 Å². The molecule has 8 heteroatoms. The zero-order chi connectivity index (χ0) is 17.4. The minimum Gasteiger partial charge on any atom is -0.490 e. The summed E-state index contributed by atoms with van der Waals surface area (Å²) in [6.45, 7) is 2.79. The molecule has 1 atom stereocenters. The summed E-state index contributed by atoms with van der Waals surface area (Å²) in [5.41, 5.74) is 0.948. The van der Waals surface area contributed by atoms with Crippen LogP contribution in [0.1, 0.15) is 36.8 Å². The van der Waals surface area contributed by atoms with Gasteiger partial charge in [0.05, 0.1) is 12.0 Å². The van der Waals surface area contributed by atoms with Gasteiger partial charge in [0, 0.05) is 49.8 Å². The number of methoxy groups -OCH3 is 1. The molecule has 25 heavy (non-hydrogen) atoms. The third-order valence-corrected chi connectivity index (χ3v) is 5.15. The number of hydrogen-bond acceptors (Lipinski definition) is 6. The third kappa shape index (κ3) is 2.81. The van der Waals surface area contributed by atoms with E-state index in [9.17, 15) is 10.1 Å². The lowest BCUT2D eigenvalue weighted by Crippen LogP contribution is -2.35.